The minimum absolute atomic E-state index is 0.0904. The fourth-order valence-corrected chi connectivity index (χ4v) is 3.61. The van der Waals surface area contributed by atoms with Gasteiger partial charge in [-0.2, -0.15) is 0 Å². The molecule has 0 radical (unpaired) electrons. The van der Waals surface area contributed by atoms with Crippen LogP contribution in [0.25, 0.3) is 5.57 Å². The molecular weight excluding hydrogens is 423 g/mol. The van der Waals surface area contributed by atoms with E-state index in [0.717, 1.165) is 4.90 Å². The predicted molar refractivity (Wildman–Crippen MR) is 125 cm³/mol. The standard InChI is InChI=1S/C26H23FN2O4/c1-3-32-20-15-13-19(14-16-20)29-25(30)23(17-9-11-18(27)12-10-17)24(26(29)31)28-21-7-5-6-8-22(21)33-4-2/h5-16,28H,3-4H2,1-2H3. The first-order valence-corrected chi connectivity index (χ1v) is 10.6. The van der Waals surface area contributed by atoms with E-state index in [4.69, 9.17) is 9.47 Å². The fourth-order valence-electron chi connectivity index (χ4n) is 3.61. The second-order valence-electron chi connectivity index (χ2n) is 7.18. The predicted octanol–water partition coefficient (Wildman–Crippen LogP) is 5.02. The lowest BCUT2D eigenvalue weighted by atomic mass is 10.0. The van der Waals surface area contributed by atoms with E-state index in [9.17, 15) is 14.0 Å². The number of hydrogen-bond acceptors (Lipinski definition) is 5. The van der Waals surface area contributed by atoms with Crippen LogP contribution in [0.2, 0.25) is 0 Å². The van der Waals surface area contributed by atoms with Gasteiger partial charge in [-0.05, 0) is 67.9 Å². The molecule has 0 fully saturated rings. The summed E-state index contributed by atoms with van der Waals surface area (Å²) in [6.45, 7) is 4.68. The lowest BCUT2D eigenvalue weighted by Gasteiger charge is -2.16. The van der Waals surface area contributed by atoms with Gasteiger partial charge in [0.15, 0.2) is 0 Å². The van der Waals surface area contributed by atoms with E-state index in [1.54, 1.807) is 42.5 Å². The van der Waals surface area contributed by atoms with Crippen molar-refractivity contribution < 1.29 is 23.5 Å². The third-order valence-electron chi connectivity index (χ3n) is 5.07. The van der Waals surface area contributed by atoms with E-state index in [1.165, 1.54) is 24.3 Å². The molecule has 0 saturated carbocycles. The van der Waals surface area contributed by atoms with E-state index >= 15 is 0 Å². The summed E-state index contributed by atoms with van der Waals surface area (Å²) in [4.78, 5) is 28.1. The summed E-state index contributed by atoms with van der Waals surface area (Å²) in [5, 5.41) is 3.09. The third-order valence-corrected chi connectivity index (χ3v) is 5.07. The topological polar surface area (TPSA) is 67.9 Å². The molecular formula is C26H23FN2O4. The maximum absolute atomic E-state index is 13.5. The Morgan fingerprint density at radius 3 is 2.15 bits per heavy atom. The van der Waals surface area contributed by atoms with Gasteiger partial charge in [-0.15, -0.1) is 0 Å². The molecule has 168 valence electrons. The van der Waals surface area contributed by atoms with Crippen molar-refractivity contribution in [3.05, 3.63) is 89.9 Å². The van der Waals surface area contributed by atoms with Gasteiger partial charge in [0.25, 0.3) is 11.8 Å². The van der Waals surface area contributed by atoms with Crippen LogP contribution in [0, 0.1) is 5.82 Å². The Hall–Kier alpha value is -4.13. The van der Waals surface area contributed by atoms with Crippen molar-refractivity contribution in [2.75, 3.05) is 23.4 Å². The summed E-state index contributed by atoms with van der Waals surface area (Å²) in [6.07, 6.45) is 0. The van der Waals surface area contributed by atoms with Gasteiger partial charge in [0.05, 0.1) is 30.2 Å². The number of imide groups is 1. The molecule has 1 aliphatic rings. The van der Waals surface area contributed by atoms with Crippen LogP contribution in [-0.4, -0.2) is 25.0 Å². The van der Waals surface area contributed by atoms with Crippen molar-refractivity contribution in [3.63, 3.8) is 0 Å². The second-order valence-corrected chi connectivity index (χ2v) is 7.18. The molecule has 6 nitrogen and oxygen atoms in total. The highest BCUT2D eigenvalue weighted by Crippen LogP contribution is 2.36. The van der Waals surface area contributed by atoms with Crippen molar-refractivity contribution in [1.29, 1.82) is 0 Å². The number of carbonyl (C=O) groups excluding carboxylic acids is 2. The van der Waals surface area contributed by atoms with Gasteiger partial charge in [0.2, 0.25) is 0 Å². The number of nitrogens with one attached hydrogen (secondary N) is 1. The molecule has 7 heteroatoms. The van der Waals surface area contributed by atoms with Crippen LogP contribution in [0.3, 0.4) is 0 Å². The number of ether oxygens (including phenoxy) is 2. The van der Waals surface area contributed by atoms with Crippen molar-refractivity contribution in [2.45, 2.75) is 13.8 Å². The summed E-state index contributed by atoms with van der Waals surface area (Å²) < 4.78 is 24.7. The summed E-state index contributed by atoms with van der Waals surface area (Å²) in [6, 6.07) is 19.3. The van der Waals surface area contributed by atoms with Gasteiger partial charge in [0.1, 0.15) is 23.0 Å². The molecule has 4 rings (SSSR count). The van der Waals surface area contributed by atoms with Crippen LogP contribution in [0.1, 0.15) is 19.4 Å². The molecule has 0 unspecified atom stereocenters. The maximum Gasteiger partial charge on any atom is 0.282 e. The van der Waals surface area contributed by atoms with Crippen molar-refractivity contribution in [2.24, 2.45) is 0 Å². The number of anilines is 2. The second kappa shape index (κ2) is 9.56. The largest absolute Gasteiger partial charge is 0.494 e. The molecule has 3 aromatic rings. The molecule has 0 saturated heterocycles. The first-order valence-electron chi connectivity index (χ1n) is 10.6. The average Bonchev–Trinajstić information content (AvgIpc) is 3.06. The van der Waals surface area contributed by atoms with E-state index in [1.807, 2.05) is 19.9 Å². The Kier molecular flexibility index (Phi) is 6.40. The number of rotatable bonds is 8. The number of amides is 2. The molecule has 1 aliphatic heterocycles. The third kappa shape index (κ3) is 4.43. The highest BCUT2D eigenvalue weighted by atomic mass is 19.1. The molecule has 0 bridgehead atoms. The number of hydrogen-bond donors (Lipinski definition) is 1. The van der Waals surface area contributed by atoms with Gasteiger partial charge in [0, 0.05) is 0 Å². The van der Waals surface area contributed by atoms with Crippen LogP contribution >= 0.6 is 0 Å². The van der Waals surface area contributed by atoms with E-state index in [0.29, 0.717) is 41.7 Å². The van der Waals surface area contributed by atoms with Crippen LogP contribution in [0.4, 0.5) is 15.8 Å². The number of benzene rings is 3. The van der Waals surface area contributed by atoms with Crippen LogP contribution in [0.5, 0.6) is 11.5 Å². The molecule has 1 heterocycles. The lowest BCUT2D eigenvalue weighted by Crippen LogP contribution is -2.32. The van der Waals surface area contributed by atoms with Gasteiger partial charge in [-0.25, -0.2) is 9.29 Å². The molecule has 0 aliphatic carbocycles. The monoisotopic (exact) mass is 446 g/mol. The fraction of sp³-hybridized carbons (Fsp3) is 0.154. The Labute approximate surface area is 191 Å². The minimum atomic E-state index is -0.519. The van der Waals surface area contributed by atoms with Gasteiger partial charge >= 0.3 is 0 Å². The number of carbonyl (C=O) groups is 2. The molecule has 1 N–H and O–H groups in total. The van der Waals surface area contributed by atoms with Crippen LogP contribution in [0.15, 0.2) is 78.5 Å². The SMILES string of the molecule is CCOc1ccc(N2C(=O)C(Nc3ccccc3OCC)=C(c3ccc(F)cc3)C2=O)cc1. The van der Waals surface area contributed by atoms with Crippen LogP contribution < -0.4 is 19.7 Å². The normalized spacial score (nSPS) is 13.5. The quantitative estimate of drug-likeness (QED) is 0.492. The first-order chi connectivity index (χ1) is 16.0. The number of para-hydroxylation sites is 2. The maximum atomic E-state index is 13.5. The van der Waals surface area contributed by atoms with Gasteiger partial charge in [-0.1, -0.05) is 24.3 Å². The van der Waals surface area contributed by atoms with Gasteiger partial charge in [-0.3, -0.25) is 9.59 Å². The molecule has 2 amide bonds. The van der Waals surface area contributed by atoms with Crippen molar-refractivity contribution in [3.8, 4) is 11.5 Å². The van der Waals surface area contributed by atoms with Crippen molar-refractivity contribution in [1.82, 2.24) is 0 Å². The molecule has 0 spiro atoms. The molecule has 3 aromatic carbocycles. The summed E-state index contributed by atoms with van der Waals surface area (Å²) in [5.74, 6) is -0.278. The Morgan fingerprint density at radius 1 is 0.818 bits per heavy atom. The lowest BCUT2D eigenvalue weighted by molar-refractivity contribution is -0.120. The zero-order valence-electron chi connectivity index (χ0n) is 18.3. The minimum Gasteiger partial charge on any atom is -0.494 e. The number of nitrogens with zero attached hydrogens (tertiary/aromatic N) is 1. The smallest absolute Gasteiger partial charge is 0.282 e. The zero-order chi connectivity index (χ0) is 23.4. The Balaban J connectivity index is 1.77. The number of halogens is 1. The van der Waals surface area contributed by atoms with E-state index in [2.05, 4.69) is 5.32 Å². The summed E-state index contributed by atoms with van der Waals surface area (Å²) in [5.41, 5.74) is 1.62. The van der Waals surface area contributed by atoms with E-state index < -0.39 is 17.6 Å². The van der Waals surface area contributed by atoms with Crippen molar-refractivity contribution >= 4 is 28.8 Å². The average molecular weight is 446 g/mol. The zero-order valence-corrected chi connectivity index (χ0v) is 18.3. The highest BCUT2D eigenvalue weighted by Gasteiger charge is 2.40. The first kappa shape index (κ1) is 22.1. The Bertz CT molecular complexity index is 1200. The molecule has 33 heavy (non-hydrogen) atoms. The van der Waals surface area contributed by atoms with Crippen LogP contribution in [-0.2, 0) is 9.59 Å². The molecule has 0 atom stereocenters. The Morgan fingerprint density at radius 2 is 1.48 bits per heavy atom. The highest BCUT2D eigenvalue weighted by molar-refractivity contribution is 6.46. The van der Waals surface area contributed by atoms with Gasteiger partial charge < -0.3 is 14.8 Å². The molecule has 0 aromatic heterocycles. The summed E-state index contributed by atoms with van der Waals surface area (Å²) >= 11 is 0. The summed E-state index contributed by atoms with van der Waals surface area (Å²) in [7, 11) is 0. The van der Waals surface area contributed by atoms with E-state index in [-0.39, 0.29) is 11.3 Å².